The molecule has 2 rings (SSSR count). The van der Waals surface area contributed by atoms with Gasteiger partial charge in [0.2, 0.25) is 5.89 Å². The number of aromatic nitrogens is 2. The van der Waals surface area contributed by atoms with Crippen molar-refractivity contribution in [2.24, 2.45) is 0 Å². The molecule has 0 aliphatic heterocycles. The summed E-state index contributed by atoms with van der Waals surface area (Å²) in [5.74, 6) is 1.26. The van der Waals surface area contributed by atoms with Crippen molar-refractivity contribution in [1.82, 2.24) is 15.5 Å². The number of rotatable bonds is 5. The van der Waals surface area contributed by atoms with Crippen molar-refractivity contribution in [3.8, 4) is 0 Å². The topological polar surface area (TPSA) is 51.0 Å². The first-order chi connectivity index (χ1) is 8.25. The molecular formula is C13H15N3O. The summed E-state index contributed by atoms with van der Waals surface area (Å²) < 4.78 is 5.00. The maximum atomic E-state index is 5.00. The molecule has 0 aliphatic rings. The third-order valence-corrected chi connectivity index (χ3v) is 2.37. The number of hydrogen-bond acceptors (Lipinski definition) is 4. The standard InChI is InChI=1S/C13H15N3O/c1-10(12-6-4-3-5-7-12)8-14-9-13-15-11(2)16-17-13/h3-7,14H,1,8-9H2,2H3. The predicted molar refractivity (Wildman–Crippen MR) is 66.2 cm³/mol. The molecule has 2 aromatic rings. The fraction of sp³-hybridized carbons (Fsp3) is 0.231. The lowest BCUT2D eigenvalue weighted by atomic mass is 10.1. The molecule has 1 aromatic carbocycles. The van der Waals surface area contributed by atoms with Crippen molar-refractivity contribution in [2.75, 3.05) is 6.54 Å². The van der Waals surface area contributed by atoms with Crippen LogP contribution < -0.4 is 5.32 Å². The van der Waals surface area contributed by atoms with E-state index < -0.39 is 0 Å². The van der Waals surface area contributed by atoms with Gasteiger partial charge in [0, 0.05) is 6.54 Å². The summed E-state index contributed by atoms with van der Waals surface area (Å²) in [5.41, 5.74) is 2.18. The van der Waals surface area contributed by atoms with E-state index in [1.807, 2.05) is 30.3 Å². The molecular weight excluding hydrogens is 214 g/mol. The molecule has 1 N–H and O–H groups in total. The van der Waals surface area contributed by atoms with Gasteiger partial charge in [0.1, 0.15) is 0 Å². The van der Waals surface area contributed by atoms with Gasteiger partial charge in [0.25, 0.3) is 0 Å². The Labute approximate surface area is 100 Å². The highest BCUT2D eigenvalue weighted by Crippen LogP contribution is 2.10. The molecule has 0 amide bonds. The van der Waals surface area contributed by atoms with Crippen LogP contribution in [-0.2, 0) is 6.54 Å². The Kier molecular flexibility index (Phi) is 3.67. The highest BCUT2D eigenvalue weighted by molar-refractivity contribution is 5.64. The van der Waals surface area contributed by atoms with Crippen LogP contribution in [0.5, 0.6) is 0 Å². The van der Waals surface area contributed by atoms with Crippen LogP contribution in [-0.4, -0.2) is 16.7 Å². The highest BCUT2D eigenvalue weighted by Gasteiger charge is 2.02. The number of aryl methyl sites for hydroxylation is 1. The van der Waals surface area contributed by atoms with Crippen LogP contribution in [0.15, 0.2) is 41.4 Å². The zero-order valence-corrected chi connectivity index (χ0v) is 9.81. The number of benzene rings is 1. The van der Waals surface area contributed by atoms with Crippen LogP contribution in [0.1, 0.15) is 17.3 Å². The van der Waals surface area contributed by atoms with Crippen LogP contribution in [0.4, 0.5) is 0 Å². The average molecular weight is 229 g/mol. The molecule has 0 radical (unpaired) electrons. The normalized spacial score (nSPS) is 10.4. The van der Waals surface area contributed by atoms with Gasteiger partial charge in [-0.25, -0.2) is 0 Å². The van der Waals surface area contributed by atoms with E-state index in [1.54, 1.807) is 6.92 Å². The number of hydrogen-bond donors (Lipinski definition) is 1. The van der Waals surface area contributed by atoms with Crippen LogP contribution >= 0.6 is 0 Å². The summed E-state index contributed by atoms with van der Waals surface area (Å²) in [6, 6.07) is 10.1. The molecule has 0 saturated carbocycles. The largest absolute Gasteiger partial charge is 0.338 e. The zero-order valence-electron chi connectivity index (χ0n) is 9.81. The Morgan fingerprint density at radius 2 is 2.12 bits per heavy atom. The Balaban J connectivity index is 1.81. The van der Waals surface area contributed by atoms with Crippen LogP contribution in [0.2, 0.25) is 0 Å². The van der Waals surface area contributed by atoms with Gasteiger partial charge in [-0.05, 0) is 18.1 Å². The van der Waals surface area contributed by atoms with E-state index in [4.69, 9.17) is 4.52 Å². The SMILES string of the molecule is C=C(CNCc1nc(C)no1)c1ccccc1. The van der Waals surface area contributed by atoms with Gasteiger partial charge >= 0.3 is 0 Å². The van der Waals surface area contributed by atoms with Gasteiger partial charge in [-0.3, -0.25) is 0 Å². The van der Waals surface area contributed by atoms with E-state index >= 15 is 0 Å². The van der Waals surface area contributed by atoms with Gasteiger partial charge in [-0.2, -0.15) is 4.98 Å². The number of nitrogens with zero attached hydrogens (tertiary/aromatic N) is 2. The zero-order chi connectivity index (χ0) is 12.1. The van der Waals surface area contributed by atoms with Gasteiger partial charge < -0.3 is 9.84 Å². The van der Waals surface area contributed by atoms with Gasteiger partial charge in [0.05, 0.1) is 6.54 Å². The third kappa shape index (κ3) is 3.26. The smallest absolute Gasteiger partial charge is 0.240 e. The first-order valence-electron chi connectivity index (χ1n) is 5.49. The van der Waals surface area contributed by atoms with E-state index in [2.05, 4.69) is 22.0 Å². The predicted octanol–water partition coefficient (Wildman–Crippen LogP) is 2.18. The van der Waals surface area contributed by atoms with Crippen molar-refractivity contribution >= 4 is 5.57 Å². The molecule has 1 aromatic heterocycles. The third-order valence-electron chi connectivity index (χ3n) is 2.37. The molecule has 17 heavy (non-hydrogen) atoms. The lowest BCUT2D eigenvalue weighted by Crippen LogP contribution is -2.15. The molecule has 88 valence electrons. The summed E-state index contributed by atoms with van der Waals surface area (Å²) in [7, 11) is 0. The first-order valence-corrected chi connectivity index (χ1v) is 5.49. The Morgan fingerprint density at radius 1 is 1.35 bits per heavy atom. The molecule has 0 bridgehead atoms. The summed E-state index contributed by atoms with van der Waals surface area (Å²) >= 11 is 0. The monoisotopic (exact) mass is 229 g/mol. The van der Waals surface area contributed by atoms with E-state index in [0.717, 1.165) is 11.1 Å². The van der Waals surface area contributed by atoms with E-state index in [1.165, 1.54) is 0 Å². The average Bonchev–Trinajstić information content (AvgIpc) is 2.76. The molecule has 0 unspecified atom stereocenters. The van der Waals surface area contributed by atoms with Crippen molar-refractivity contribution in [2.45, 2.75) is 13.5 Å². The molecule has 4 heteroatoms. The van der Waals surface area contributed by atoms with Crippen LogP contribution in [0, 0.1) is 6.92 Å². The summed E-state index contributed by atoms with van der Waals surface area (Å²) in [6.07, 6.45) is 0. The maximum absolute atomic E-state index is 5.00. The van der Waals surface area contributed by atoms with Crippen molar-refractivity contribution in [1.29, 1.82) is 0 Å². The molecule has 4 nitrogen and oxygen atoms in total. The van der Waals surface area contributed by atoms with E-state index in [9.17, 15) is 0 Å². The molecule has 0 aliphatic carbocycles. The van der Waals surface area contributed by atoms with Crippen molar-refractivity contribution in [3.63, 3.8) is 0 Å². The van der Waals surface area contributed by atoms with Gasteiger partial charge in [-0.15, -0.1) is 0 Å². The van der Waals surface area contributed by atoms with Gasteiger partial charge in [0.15, 0.2) is 5.82 Å². The quantitative estimate of drug-likeness (QED) is 0.853. The molecule has 0 atom stereocenters. The highest BCUT2D eigenvalue weighted by atomic mass is 16.5. The fourth-order valence-corrected chi connectivity index (χ4v) is 1.51. The van der Waals surface area contributed by atoms with E-state index in [0.29, 0.717) is 24.8 Å². The minimum absolute atomic E-state index is 0.562. The molecule has 1 heterocycles. The number of nitrogens with one attached hydrogen (secondary N) is 1. The summed E-state index contributed by atoms with van der Waals surface area (Å²) in [4.78, 5) is 4.11. The first kappa shape index (κ1) is 11.5. The van der Waals surface area contributed by atoms with Crippen molar-refractivity contribution < 1.29 is 4.52 Å². The Morgan fingerprint density at radius 3 is 2.76 bits per heavy atom. The maximum Gasteiger partial charge on any atom is 0.240 e. The second-order valence-electron chi connectivity index (χ2n) is 3.81. The summed E-state index contributed by atoms with van der Waals surface area (Å²) in [5, 5.41) is 6.94. The minimum Gasteiger partial charge on any atom is -0.338 e. The minimum atomic E-state index is 0.562. The lowest BCUT2D eigenvalue weighted by molar-refractivity contribution is 0.367. The Bertz CT molecular complexity index is 490. The van der Waals surface area contributed by atoms with Crippen LogP contribution in [0.25, 0.3) is 5.57 Å². The molecule has 0 fully saturated rings. The van der Waals surface area contributed by atoms with Gasteiger partial charge in [-0.1, -0.05) is 42.1 Å². The lowest BCUT2D eigenvalue weighted by Gasteiger charge is -2.05. The molecule has 0 saturated heterocycles. The second-order valence-corrected chi connectivity index (χ2v) is 3.81. The summed E-state index contributed by atoms with van der Waals surface area (Å²) in [6.45, 7) is 7.10. The Hall–Kier alpha value is -1.94. The second kappa shape index (κ2) is 5.41. The van der Waals surface area contributed by atoms with Crippen LogP contribution in [0.3, 0.4) is 0 Å². The van der Waals surface area contributed by atoms with Crippen molar-refractivity contribution in [3.05, 3.63) is 54.2 Å². The fourth-order valence-electron chi connectivity index (χ4n) is 1.51. The molecule has 0 spiro atoms. The van der Waals surface area contributed by atoms with E-state index in [-0.39, 0.29) is 0 Å².